The number of benzene rings is 2. The fraction of sp³-hybridized carbons (Fsp3) is 0.207. The van der Waals surface area contributed by atoms with E-state index in [1.807, 2.05) is 0 Å². The SMILES string of the molecule is CONC(=O)Nc1ccc(-c2sc(N(Cc3c(F)cccc3F)C(=O)Nc3ccc(OC)nn3)c(C(=O)O)c2CN(C)C)cc1. The molecule has 2 aromatic carbocycles. The highest BCUT2D eigenvalue weighted by molar-refractivity contribution is 7.20. The smallest absolute Gasteiger partial charge is 0.343 e. The molecular formula is C29H29F2N7O6S. The van der Waals surface area contributed by atoms with Crippen LogP contribution in [0.15, 0.2) is 54.6 Å². The monoisotopic (exact) mass is 641 g/mol. The number of anilines is 3. The van der Waals surface area contributed by atoms with Gasteiger partial charge in [-0.05, 0) is 50.0 Å². The van der Waals surface area contributed by atoms with Crippen molar-refractivity contribution in [3.8, 4) is 16.3 Å². The highest BCUT2D eigenvalue weighted by Crippen LogP contribution is 2.44. The second-order valence-corrected chi connectivity index (χ2v) is 10.6. The largest absolute Gasteiger partial charge is 0.480 e. The highest BCUT2D eigenvalue weighted by atomic mass is 32.1. The zero-order chi connectivity index (χ0) is 32.7. The molecule has 2 aromatic heterocycles. The Hall–Kier alpha value is -5.19. The number of thiophene rings is 1. The number of rotatable bonds is 11. The Kier molecular flexibility index (Phi) is 10.6. The average Bonchev–Trinajstić information content (AvgIpc) is 3.36. The quantitative estimate of drug-likeness (QED) is 0.162. The van der Waals surface area contributed by atoms with Crippen molar-refractivity contribution in [2.45, 2.75) is 13.1 Å². The molecule has 0 saturated carbocycles. The van der Waals surface area contributed by atoms with Gasteiger partial charge in [0.1, 0.15) is 16.6 Å². The first-order chi connectivity index (χ1) is 21.5. The molecule has 0 aliphatic heterocycles. The number of hydrogen-bond acceptors (Lipinski definition) is 9. The molecule has 0 spiro atoms. The van der Waals surface area contributed by atoms with Crippen LogP contribution in [0.1, 0.15) is 21.5 Å². The number of hydroxylamine groups is 1. The van der Waals surface area contributed by atoms with Crippen LogP contribution in [0.2, 0.25) is 0 Å². The summed E-state index contributed by atoms with van der Waals surface area (Å²) in [6.07, 6.45) is 0. The molecular weight excluding hydrogens is 612 g/mol. The number of carboxylic acid groups (broad SMARTS) is 1. The normalized spacial score (nSPS) is 10.8. The molecule has 0 aliphatic carbocycles. The van der Waals surface area contributed by atoms with E-state index in [-0.39, 0.29) is 28.8 Å². The Balaban J connectivity index is 1.85. The number of methoxy groups -OCH3 is 1. The number of carboxylic acids is 1. The van der Waals surface area contributed by atoms with Crippen LogP contribution in [0, 0.1) is 11.6 Å². The molecule has 0 bridgehead atoms. The summed E-state index contributed by atoms with van der Waals surface area (Å²) >= 11 is 0.958. The van der Waals surface area contributed by atoms with Gasteiger partial charge in [0, 0.05) is 34.3 Å². The van der Waals surface area contributed by atoms with Crippen molar-refractivity contribution in [3.63, 3.8) is 0 Å². The number of hydrogen-bond donors (Lipinski definition) is 4. The molecule has 4 amide bonds. The van der Waals surface area contributed by atoms with Crippen LogP contribution in [0.5, 0.6) is 5.88 Å². The van der Waals surface area contributed by atoms with Crippen molar-refractivity contribution < 1.29 is 37.8 Å². The minimum atomic E-state index is -1.35. The van der Waals surface area contributed by atoms with Gasteiger partial charge < -0.3 is 20.1 Å². The number of halogens is 2. The van der Waals surface area contributed by atoms with E-state index in [0.29, 0.717) is 21.7 Å². The number of aromatic carboxylic acids is 1. The fourth-order valence-corrected chi connectivity index (χ4v) is 5.57. The lowest BCUT2D eigenvalue weighted by Gasteiger charge is -2.23. The lowest BCUT2D eigenvalue weighted by Crippen LogP contribution is -2.36. The van der Waals surface area contributed by atoms with Crippen LogP contribution < -0.4 is 25.8 Å². The molecule has 0 aliphatic rings. The number of nitrogens with one attached hydrogen (secondary N) is 3. The summed E-state index contributed by atoms with van der Waals surface area (Å²) < 4.78 is 34.7. The predicted molar refractivity (Wildman–Crippen MR) is 163 cm³/mol. The maximum absolute atomic E-state index is 14.9. The summed E-state index contributed by atoms with van der Waals surface area (Å²) in [4.78, 5) is 46.2. The van der Waals surface area contributed by atoms with E-state index >= 15 is 0 Å². The molecule has 4 aromatic rings. The van der Waals surface area contributed by atoms with Gasteiger partial charge in [-0.2, -0.15) is 0 Å². The third-order valence-electron chi connectivity index (χ3n) is 6.23. The van der Waals surface area contributed by atoms with Crippen LogP contribution in [-0.4, -0.2) is 66.6 Å². The van der Waals surface area contributed by atoms with Gasteiger partial charge in [0.15, 0.2) is 5.82 Å². The van der Waals surface area contributed by atoms with Gasteiger partial charge >= 0.3 is 18.0 Å². The van der Waals surface area contributed by atoms with Crippen LogP contribution >= 0.6 is 11.3 Å². The Morgan fingerprint density at radius 2 is 1.60 bits per heavy atom. The maximum atomic E-state index is 14.9. The number of urea groups is 2. The third-order valence-corrected chi connectivity index (χ3v) is 7.53. The zero-order valence-corrected chi connectivity index (χ0v) is 25.4. The van der Waals surface area contributed by atoms with Crippen LogP contribution in [0.4, 0.5) is 34.9 Å². The first-order valence-corrected chi connectivity index (χ1v) is 14.0. The second kappa shape index (κ2) is 14.5. The topological polar surface area (TPSA) is 158 Å². The molecule has 13 nitrogen and oxygen atoms in total. The molecule has 0 unspecified atom stereocenters. The summed E-state index contributed by atoms with van der Waals surface area (Å²) in [5, 5.41) is 23.2. The highest BCUT2D eigenvalue weighted by Gasteiger charge is 2.32. The van der Waals surface area contributed by atoms with Gasteiger partial charge in [-0.25, -0.2) is 28.6 Å². The Morgan fingerprint density at radius 3 is 2.16 bits per heavy atom. The molecule has 4 rings (SSSR count). The molecule has 0 fully saturated rings. The summed E-state index contributed by atoms with van der Waals surface area (Å²) in [7, 11) is 6.17. The minimum Gasteiger partial charge on any atom is -0.480 e. The van der Waals surface area contributed by atoms with Crippen molar-refractivity contribution >= 4 is 45.9 Å². The predicted octanol–water partition coefficient (Wildman–Crippen LogP) is 5.17. The first kappa shape index (κ1) is 32.7. The van der Waals surface area contributed by atoms with E-state index < -0.39 is 41.8 Å². The maximum Gasteiger partial charge on any atom is 0.343 e. The van der Waals surface area contributed by atoms with E-state index in [0.717, 1.165) is 28.4 Å². The van der Waals surface area contributed by atoms with E-state index in [1.165, 1.54) is 32.4 Å². The minimum absolute atomic E-state index is 0.0115. The van der Waals surface area contributed by atoms with E-state index in [4.69, 9.17) is 4.74 Å². The number of ether oxygens (including phenoxy) is 1. The van der Waals surface area contributed by atoms with Crippen molar-refractivity contribution in [2.75, 3.05) is 43.8 Å². The molecule has 16 heteroatoms. The standard InChI is InChI=1S/C29H29F2N7O6S/c1-37(2)14-19-24(27(39)40)26(45-25(19)16-8-10-17(11-9-16)32-28(41)36-44-4)38(15-18-20(30)6-5-7-21(18)31)29(42)33-22-12-13-23(43-3)35-34-22/h5-13H,14-15H2,1-4H3,(H,39,40)(H2,32,36,41)(H,33,34,42). The summed E-state index contributed by atoms with van der Waals surface area (Å²) in [6.45, 7) is -0.496. The Bertz CT molecular complexity index is 1660. The van der Waals surface area contributed by atoms with Crippen molar-refractivity contribution in [1.29, 1.82) is 0 Å². The number of carbonyl (C=O) groups is 3. The Labute approximate surface area is 260 Å². The average molecular weight is 642 g/mol. The van der Waals surface area contributed by atoms with Gasteiger partial charge in [-0.3, -0.25) is 15.1 Å². The van der Waals surface area contributed by atoms with Gasteiger partial charge in [0.2, 0.25) is 5.88 Å². The lowest BCUT2D eigenvalue weighted by atomic mass is 10.0. The molecule has 0 atom stereocenters. The molecule has 4 N–H and O–H groups in total. The summed E-state index contributed by atoms with van der Waals surface area (Å²) in [6, 6.07) is 11.1. The van der Waals surface area contributed by atoms with Crippen molar-refractivity contribution in [3.05, 3.63) is 82.9 Å². The van der Waals surface area contributed by atoms with Gasteiger partial charge in [0.05, 0.1) is 26.3 Å². The third kappa shape index (κ3) is 7.86. The number of nitrogens with zero attached hydrogens (tertiary/aromatic N) is 4. The number of aromatic nitrogens is 2. The molecule has 0 saturated heterocycles. The van der Waals surface area contributed by atoms with Gasteiger partial charge in [-0.15, -0.1) is 21.5 Å². The second-order valence-electron chi connectivity index (χ2n) is 9.65. The van der Waals surface area contributed by atoms with Crippen molar-refractivity contribution in [2.24, 2.45) is 0 Å². The molecule has 45 heavy (non-hydrogen) atoms. The van der Waals surface area contributed by atoms with Crippen molar-refractivity contribution in [1.82, 2.24) is 20.6 Å². The zero-order valence-electron chi connectivity index (χ0n) is 24.6. The Morgan fingerprint density at radius 1 is 0.911 bits per heavy atom. The van der Waals surface area contributed by atoms with Gasteiger partial charge in [0.25, 0.3) is 0 Å². The molecule has 0 radical (unpaired) electrons. The molecule has 236 valence electrons. The number of amides is 4. The molecule has 2 heterocycles. The van der Waals surface area contributed by atoms with E-state index in [1.54, 1.807) is 43.3 Å². The lowest BCUT2D eigenvalue weighted by molar-refractivity contribution is 0.0696. The summed E-state index contributed by atoms with van der Waals surface area (Å²) in [5.41, 5.74) is 2.83. The van der Waals surface area contributed by atoms with E-state index in [9.17, 15) is 28.3 Å². The van der Waals surface area contributed by atoms with Crippen LogP contribution in [0.25, 0.3) is 10.4 Å². The van der Waals surface area contributed by atoms with E-state index in [2.05, 4.69) is 31.1 Å². The van der Waals surface area contributed by atoms with Crippen LogP contribution in [-0.2, 0) is 17.9 Å². The first-order valence-electron chi connectivity index (χ1n) is 13.2. The fourth-order valence-electron chi connectivity index (χ4n) is 4.27. The summed E-state index contributed by atoms with van der Waals surface area (Å²) in [5.74, 6) is -3.01. The van der Waals surface area contributed by atoms with Crippen LogP contribution in [0.3, 0.4) is 0 Å². The van der Waals surface area contributed by atoms with Gasteiger partial charge in [-0.1, -0.05) is 18.2 Å². The number of carbonyl (C=O) groups excluding carboxylic acids is 2.